The molecule has 2 rings (SSSR count). The Hall–Kier alpha value is -1.02. The van der Waals surface area contributed by atoms with E-state index in [-0.39, 0.29) is 0 Å². The molecule has 0 aromatic heterocycles. The molecule has 1 aliphatic rings. The van der Waals surface area contributed by atoms with E-state index in [4.69, 9.17) is 4.74 Å². The maximum atomic E-state index is 5.26. The van der Waals surface area contributed by atoms with Gasteiger partial charge in [0, 0.05) is 6.54 Å². The van der Waals surface area contributed by atoms with E-state index in [1.165, 1.54) is 31.5 Å². The van der Waals surface area contributed by atoms with Crippen LogP contribution < -0.4 is 4.74 Å². The lowest BCUT2D eigenvalue weighted by Gasteiger charge is -2.30. The van der Waals surface area contributed by atoms with Gasteiger partial charge >= 0.3 is 0 Å². The van der Waals surface area contributed by atoms with Gasteiger partial charge in [-0.15, -0.1) is 0 Å². The van der Waals surface area contributed by atoms with Crippen molar-refractivity contribution in [2.24, 2.45) is 0 Å². The Morgan fingerprint density at radius 3 is 3.00 bits per heavy atom. The third kappa shape index (κ3) is 2.51. The summed E-state index contributed by atoms with van der Waals surface area (Å²) in [6.45, 7) is 2.41. The van der Waals surface area contributed by atoms with Gasteiger partial charge in [-0.2, -0.15) is 0 Å². The number of piperidine rings is 1. The highest BCUT2D eigenvalue weighted by molar-refractivity contribution is 5.31. The largest absolute Gasteiger partial charge is 0.497 e. The molecule has 15 heavy (non-hydrogen) atoms. The number of ether oxygens (including phenoxy) is 1. The molecule has 2 heteroatoms. The average Bonchev–Trinajstić information content (AvgIpc) is 2.29. The third-order valence-electron chi connectivity index (χ3n) is 3.19. The van der Waals surface area contributed by atoms with E-state index in [1.807, 2.05) is 6.07 Å². The van der Waals surface area contributed by atoms with Crippen molar-refractivity contribution in [1.29, 1.82) is 0 Å². The molecule has 0 saturated carbocycles. The lowest BCUT2D eigenvalue weighted by molar-refractivity contribution is 0.250. The van der Waals surface area contributed by atoms with Gasteiger partial charge in [-0.3, -0.25) is 0 Å². The van der Waals surface area contributed by atoms with E-state index in [0.717, 1.165) is 5.75 Å². The Morgan fingerprint density at radius 1 is 1.40 bits per heavy atom. The Balaban J connectivity index is 2.13. The van der Waals surface area contributed by atoms with Crippen LogP contribution in [0.5, 0.6) is 5.75 Å². The normalized spacial score (nSPS) is 22.7. The number of benzene rings is 1. The molecule has 1 aromatic carbocycles. The van der Waals surface area contributed by atoms with E-state index >= 15 is 0 Å². The number of methoxy groups -OCH3 is 1. The zero-order valence-electron chi connectivity index (χ0n) is 9.57. The van der Waals surface area contributed by atoms with E-state index in [2.05, 4.69) is 30.1 Å². The number of likely N-dealkylation sites (tertiary alicyclic amines) is 1. The molecule has 0 spiro atoms. The van der Waals surface area contributed by atoms with Gasteiger partial charge in [0.05, 0.1) is 7.11 Å². The van der Waals surface area contributed by atoms with Crippen molar-refractivity contribution in [3.63, 3.8) is 0 Å². The van der Waals surface area contributed by atoms with Crippen LogP contribution in [0, 0.1) is 0 Å². The van der Waals surface area contributed by atoms with Crippen LogP contribution in [0.25, 0.3) is 0 Å². The lowest BCUT2D eigenvalue weighted by atomic mass is 9.91. The van der Waals surface area contributed by atoms with Crippen molar-refractivity contribution < 1.29 is 4.74 Å². The Bertz CT molecular complexity index is 324. The summed E-state index contributed by atoms with van der Waals surface area (Å²) in [6.07, 6.45) is 2.61. The molecule has 1 aromatic rings. The van der Waals surface area contributed by atoms with Crippen LogP contribution in [-0.2, 0) is 0 Å². The van der Waals surface area contributed by atoms with Gasteiger partial charge in [0.1, 0.15) is 5.75 Å². The summed E-state index contributed by atoms with van der Waals surface area (Å²) in [5, 5.41) is 0. The first-order valence-corrected chi connectivity index (χ1v) is 5.62. The maximum Gasteiger partial charge on any atom is 0.119 e. The molecule has 0 N–H and O–H groups in total. The third-order valence-corrected chi connectivity index (χ3v) is 3.19. The second-order valence-electron chi connectivity index (χ2n) is 4.38. The summed E-state index contributed by atoms with van der Waals surface area (Å²) in [5.41, 5.74) is 1.42. The summed E-state index contributed by atoms with van der Waals surface area (Å²) in [7, 11) is 3.93. The highest BCUT2D eigenvalue weighted by atomic mass is 16.5. The summed E-state index contributed by atoms with van der Waals surface area (Å²) in [5.74, 6) is 1.65. The SMILES string of the molecule is COc1cccc([C@@H]2CCCN(C)C2)c1. The standard InChI is InChI=1S/C13H19NO/c1-14-8-4-6-12(10-14)11-5-3-7-13(9-11)15-2/h3,5,7,9,12H,4,6,8,10H2,1-2H3/t12-/m1/s1. The Morgan fingerprint density at radius 2 is 2.27 bits per heavy atom. The van der Waals surface area contributed by atoms with Crippen molar-refractivity contribution >= 4 is 0 Å². The molecule has 82 valence electrons. The van der Waals surface area contributed by atoms with E-state index < -0.39 is 0 Å². The first-order chi connectivity index (χ1) is 7.29. The predicted molar refractivity (Wildman–Crippen MR) is 62.5 cm³/mol. The quantitative estimate of drug-likeness (QED) is 0.735. The molecule has 0 unspecified atom stereocenters. The minimum absolute atomic E-state index is 0.679. The van der Waals surface area contributed by atoms with Crippen LogP contribution in [0.1, 0.15) is 24.3 Å². The number of nitrogens with zero attached hydrogens (tertiary/aromatic N) is 1. The van der Waals surface area contributed by atoms with Gasteiger partial charge in [-0.05, 0) is 50.0 Å². The average molecular weight is 205 g/mol. The van der Waals surface area contributed by atoms with Gasteiger partial charge in [-0.1, -0.05) is 12.1 Å². The second-order valence-corrected chi connectivity index (χ2v) is 4.38. The summed E-state index contributed by atoms with van der Waals surface area (Å²) < 4.78 is 5.26. The summed E-state index contributed by atoms with van der Waals surface area (Å²) >= 11 is 0. The molecule has 0 amide bonds. The Labute approximate surface area is 91.9 Å². The molecule has 1 fully saturated rings. The minimum Gasteiger partial charge on any atom is -0.497 e. The molecular formula is C13H19NO. The summed E-state index contributed by atoms with van der Waals surface area (Å²) in [6, 6.07) is 8.48. The van der Waals surface area contributed by atoms with Crippen LogP contribution in [0.15, 0.2) is 24.3 Å². The smallest absolute Gasteiger partial charge is 0.119 e. The monoisotopic (exact) mass is 205 g/mol. The van der Waals surface area contributed by atoms with Crippen molar-refractivity contribution in [3.8, 4) is 5.75 Å². The first kappa shape index (κ1) is 10.5. The van der Waals surface area contributed by atoms with Crippen LogP contribution in [0.2, 0.25) is 0 Å². The molecule has 1 heterocycles. The van der Waals surface area contributed by atoms with E-state index in [9.17, 15) is 0 Å². The molecule has 0 radical (unpaired) electrons. The van der Waals surface area contributed by atoms with Crippen LogP contribution >= 0.6 is 0 Å². The van der Waals surface area contributed by atoms with Crippen LogP contribution in [0.3, 0.4) is 0 Å². The highest BCUT2D eigenvalue weighted by Gasteiger charge is 2.18. The van der Waals surface area contributed by atoms with E-state index in [0.29, 0.717) is 5.92 Å². The maximum absolute atomic E-state index is 5.26. The topological polar surface area (TPSA) is 12.5 Å². The van der Waals surface area contributed by atoms with Gasteiger partial charge in [0.2, 0.25) is 0 Å². The Kier molecular flexibility index (Phi) is 3.27. The van der Waals surface area contributed by atoms with Gasteiger partial charge in [-0.25, -0.2) is 0 Å². The van der Waals surface area contributed by atoms with Crippen LogP contribution in [-0.4, -0.2) is 32.1 Å². The minimum atomic E-state index is 0.679. The number of hydrogen-bond donors (Lipinski definition) is 0. The summed E-state index contributed by atoms with van der Waals surface area (Å²) in [4.78, 5) is 2.41. The van der Waals surface area contributed by atoms with E-state index in [1.54, 1.807) is 7.11 Å². The van der Waals surface area contributed by atoms with Gasteiger partial charge in [0.25, 0.3) is 0 Å². The fraction of sp³-hybridized carbons (Fsp3) is 0.538. The van der Waals surface area contributed by atoms with Crippen molar-refractivity contribution in [1.82, 2.24) is 4.90 Å². The molecule has 0 bridgehead atoms. The molecular weight excluding hydrogens is 186 g/mol. The molecule has 1 atom stereocenters. The molecule has 1 saturated heterocycles. The molecule has 0 aliphatic carbocycles. The van der Waals surface area contributed by atoms with Gasteiger partial charge < -0.3 is 9.64 Å². The number of hydrogen-bond acceptors (Lipinski definition) is 2. The van der Waals surface area contributed by atoms with Crippen molar-refractivity contribution in [3.05, 3.63) is 29.8 Å². The fourth-order valence-electron chi connectivity index (χ4n) is 2.33. The number of likely N-dealkylation sites (N-methyl/N-ethyl adjacent to an activating group) is 1. The zero-order valence-corrected chi connectivity index (χ0v) is 9.57. The predicted octanol–water partition coefficient (Wildman–Crippen LogP) is 2.50. The fourth-order valence-corrected chi connectivity index (χ4v) is 2.33. The number of rotatable bonds is 2. The molecule has 2 nitrogen and oxygen atoms in total. The second kappa shape index (κ2) is 4.67. The van der Waals surface area contributed by atoms with Crippen molar-refractivity contribution in [2.75, 3.05) is 27.2 Å². The zero-order chi connectivity index (χ0) is 10.7. The lowest BCUT2D eigenvalue weighted by Crippen LogP contribution is -2.30. The van der Waals surface area contributed by atoms with Gasteiger partial charge in [0.15, 0.2) is 0 Å². The highest BCUT2D eigenvalue weighted by Crippen LogP contribution is 2.28. The van der Waals surface area contributed by atoms with Crippen molar-refractivity contribution in [2.45, 2.75) is 18.8 Å². The molecule has 1 aliphatic heterocycles. The first-order valence-electron chi connectivity index (χ1n) is 5.62. The van der Waals surface area contributed by atoms with Crippen LogP contribution in [0.4, 0.5) is 0 Å².